The van der Waals surface area contributed by atoms with Crippen LogP contribution in [0.25, 0.3) is 0 Å². The monoisotopic (exact) mass is 503 g/mol. The number of ether oxygens (including phenoxy) is 1. The maximum Gasteiger partial charge on any atom is 0.408 e. The van der Waals surface area contributed by atoms with Crippen LogP contribution >= 0.6 is 12.6 Å². The molecule has 7 nitrogen and oxygen atoms in total. The summed E-state index contributed by atoms with van der Waals surface area (Å²) in [5, 5.41) is 5.92. The van der Waals surface area contributed by atoms with Crippen molar-refractivity contribution in [3.63, 3.8) is 0 Å². The second-order valence-corrected chi connectivity index (χ2v) is 11.3. The highest BCUT2D eigenvalue weighted by atomic mass is 32.1. The molecule has 0 spiro atoms. The van der Waals surface area contributed by atoms with Gasteiger partial charge in [-0.25, -0.2) is 4.79 Å². The molecule has 0 saturated heterocycles. The van der Waals surface area contributed by atoms with Crippen LogP contribution in [0.5, 0.6) is 0 Å². The molecule has 2 aliphatic carbocycles. The van der Waals surface area contributed by atoms with Crippen LogP contribution in [0.4, 0.5) is 4.79 Å². The predicted molar refractivity (Wildman–Crippen MR) is 141 cm³/mol. The fourth-order valence-electron chi connectivity index (χ4n) is 4.76. The first-order chi connectivity index (χ1) is 16.5. The van der Waals surface area contributed by atoms with Crippen LogP contribution in [0.2, 0.25) is 0 Å². The van der Waals surface area contributed by atoms with Crippen molar-refractivity contribution < 1.29 is 19.1 Å². The van der Waals surface area contributed by atoms with E-state index in [2.05, 4.69) is 23.3 Å². The molecule has 1 aromatic rings. The number of nitrogens with one attached hydrogen (secondary N) is 2. The molecule has 0 heterocycles. The van der Waals surface area contributed by atoms with Gasteiger partial charge in [-0.15, -0.1) is 0 Å². The maximum absolute atomic E-state index is 13.9. The van der Waals surface area contributed by atoms with E-state index in [1.807, 2.05) is 32.0 Å². The van der Waals surface area contributed by atoms with Crippen molar-refractivity contribution in [1.29, 1.82) is 0 Å². The number of rotatable bonds is 8. The number of nitrogens with zero attached hydrogens (tertiary/aromatic N) is 1. The Bertz CT molecular complexity index is 919. The lowest BCUT2D eigenvalue weighted by Crippen LogP contribution is -2.55. The zero-order chi connectivity index (χ0) is 25.8. The minimum atomic E-state index is -0.899. The van der Waals surface area contributed by atoms with Gasteiger partial charge in [0.2, 0.25) is 11.8 Å². The lowest BCUT2D eigenvalue weighted by molar-refractivity contribution is -0.143. The minimum absolute atomic E-state index is 0.0480. The number of carbonyl (C=O) groups is 3. The van der Waals surface area contributed by atoms with Crippen molar-refractivity contribution in [2.75, 3.05) is 5.75 Å². The standard InChI is InChI=1S/C27H41N3O4S/c1-17-11-14-21(18(2)15-17)23(24(31)28-19-9-7-6-8-10-19)30(20-12-13-20)25(32)22(16-35)29-26(33)34-27(3,4)5/h11,14-15,19-20,22-23,35H,6-10,12-13,16H2,1-5H3,(H,28,31)(H,29,33). The van der Waals surface area contributed by atoms with Crippen LogP contribution in [-0.4, -0.2) is 52.3 Å². The van der Waals surface area contributed by atoms with Gasteiger partial charge in [0, 0.05) is 17.8 Å². The summed E-state index contributed by atoms with van der Waals surface area (Å²) in [5.74, 6) is -0.359. The van der Waals surface area contributed by atoms with Crippen LogP contribution in [0.1, 0.15) is 88.4 Å². The second kappa shape index (κ2) is 11.7. The van der Waals surface area contributed by atoms with E-state index in [9.17, 15) is 14.4 Å². The molecule has 2 aliphatic rings. The Morgan fingerprint density at radius 3 is 2.29 bits per heavy atom. The molecular weight excluding hydrogens is 462 g/mol. The van der Waals surface area contributed by atoms with E-state index in [0.717, 1.165) is 55.2 Å². The number of alkyl carbamates (subject to hydrolysis) is 1. The highest BCUT2D eigenvalue weighted by Crippen LogP contribution is 2.37. The first kappa shape index (κ1) is 27.4. The quantitative estimate of drug-likeness (QED) is 0.452. The Kier molecular flexibility index (Phi) is 9.13. The molecule has 0 radical (unpaired) electrons. The zero-order valence-electron chi connectivity index (χ0n) is 21.7. The molecule has 2 fully saturated rings. The lowest BCUT2D eigenvalue weighted by Gasteiger charge is -2.36. The lowest BCUT2D eigenvalue weighted by atomic mass is 9.93. The van der Waals surface area contributed by atoms with Crippen molar-refractivity contribution in [3.8, 4) is 0 Å². The molecule has 0 bridgehead atoms. The van der Waals surface area contributed by atoms with E-state index < -0.39 is 23.8 Å². The van der Waals surface area contributed by atoms with Gasteiger partial charge < -0.3 is 20.3 Å². The Morgan fingerprint density at radius 2 is 1.74 bits per heavy atom. The number of hydrogen-bond donors (Lipinski definition) is 3. The molecule has 2 saturated carbocycles. The summed E-state index contributed by atoms with van der Waals surface area (Å²) in [7, 11) is 0. The van der Waals surface area contributed by atoms with Crippen molar-refractivity contribution in [2.24, 2.45) is 0 Å². The Hall–Kier alpha value is -2.22. The third-order valence-electron chi connectivity index (χ3n) is 6.56. The molecule has 194 valence electrons. The Morgan fingerprint density at radius 1 is 1.09 bits per heavy atom. The second-order valence-electron chi connectivity index (χ2n) is 11.0. The molecule has 2 unspecified atom stereocenters. The topological polar surface area (TPSA) is 87.7 Å². The molecule has 8 heteroatoms. The van der Waals surface area contributed by atoms with Gasteiger partial charge in [0.1, 0.15) is 17.7 Å². The highest BCUT2D eigenvalue weighted by Gasteiger charge is 2.44. The summed E-state index contributed by atoms with van der Waals surface area (Å²) in [6.45, 7) is 9.30. The van der Waals surface area contributed by atoms with E-state index in [1.54, 1.807) is 25.7 Å². The van der Waals surface area contributed by atoms with Crippen molar-refractivity contribution >= 4 is 30.5 Å². The van der Waals surface area contributed by atoms with Crippen molar-refractivity contribution in [2.45, 2.75) is 109 Å². The van der Waals surface area contributed by atoms with Gasteiger partial charge in [-0.05, 0) is 71.4 Å². The first-order valence-corrected chi connectivity index (χ1v) is 13.4. The maximum atomic E-state index is 13.9. The Labute approximate surface area is 215 Å². The molecule has 0 aromatic heterocycles. The molecule has 35 heavy (non-hydrogen) atoms. The smallest absolute Gasteiger partial charge is 0.408 e. The van der Waals surface area contributed by atoms with E-state index in [1.165, 1.54) is 6.42 Å². The van der Waals surface area contributed by atoms with E-state index in [4.69, 9.17) is 4.74 Å². The van der Waals surface area contributed by atoms with Gasteiger partial charge >= 0.3 is 6.09 Å². The SMILES string of the molecule is Cc1ccc(C(C(=O)NC2CCCCC2)N(C(=O)C(CS)NC(=O)OC(C)(C)C)C2CC2)c(C)c1. The van der Waals surface area contributed by atoms with Crippen LogP contribution in [0, 0.1) is 13.8 Å². The van der Waals surface area contributed by atoms with E-state index >= 15 is 0 Å². The number of benzene rings is 1. The normalized spacial score (nSPS) is 18.3. The first-order valence-electron chi connectivity index (χ1n) is 12.8. The summed E-state index contributed by atoms with van der Waals surface area (Å²) >= 11 is 4.35. The van der Waals surface area contributed by atoms with Crippen LogP contribution < -0.4 is 10.6 Å². The van der Waals surface area contributed by atoms with Crippen molar-refractivity contribution in [1.82, 2.24) is 15.5 Å². The van der Waals surface area contributed by atoms with Gasteiger partial charge in [0.25, 0.3) is 0 Å². The van der Waals surface area contributed by atoms with Gasteiger partial charge in [-0.3, -0.25) is 9.59 Å². The molecular formula is C27H41N3O4S. The van der Waals surface area contributed by atoms with Gasteiger partial charge in [-0.1, -0.05) is 43.0 Å². The summed E-state index contributed by atoms with van der Waals surface area (Å²) < 4.78 is 5.37. The largest absolute Gasteiger partial charge is 0.444 e. The molecule has 0 aliphatic heterocycles. The number of thiol groups is 1. The third kappa shape index (κ3) is 7.63. The van der Waals surface area contributed by atoms with Crippen LogP contribution in [0.3, 0.4) is 0 Å². The van der Waals surface area contributed by atoms with Gasteiger partial charge in [0.15, 0.2) is 0 Å². The molecule has 2 atom stereocenters. The van der Waals surface area contributed by atoms with Gasteiger partial charge in [0.05, 0.1) is 0 Å². The summed E-state index contributed by atoms with van der Waals surface area (Å²) in [6.07, 6.45) is 6.31. The highest BCUT2D eigenvalue weighted by molar-refractivity contribution is 7.80. The number of aryl methyl sites for hydroxylation is 2. The number of carbonyl (C=O) groups excluding carboxylic acids is 3. The van der Waals surface area contributed by atoms with Crippen molar-refractivity contribution in [3.05, 3.63) is 34.9 Å². The molecule has 1 aromatic carbocycles. The molecule has 3 rings (SSSR count). The molecule has 3 amide bonds. The molecule has 2 N–H and O–H groups in total. The number of amides is 3. The fourth-order valence-corrected chi connectivity index (χ4v) is 5.01. The average Bonchev–Trinajstić information content (AvgIpc) is 3.60. The van der Waals surface area contributed by atoms with Gasteiger partial charge in [-0.2, -0.15) is 12.6 Å². The summed E-state index contributed by atoms with van der Waals surface area (Å²) in [4.78, 5) is 41.8. The summed E-state index contributed by atoms with van der Waals surface area (Å²) in [5.41, 5.74) is 2.20. The predicted octanol–water partition coefficient (Wildman–Crippen LogP) is 4.61. The van der Waals surface area contributed by atoms with Crippen LogP contribution in [-0.2, 0) is 14.3 Å². The minimum Gasteiger partial charge on any atom is -0.444 e. The Balaban J connectivity index is 1.92. The van der Waals surface area contributed by atoms with Crippen LogP contribution in [0.15, 0.2) is 18.2 Å². The average molecular weight is 504 g/mol. The summed E-state index contributed by atoms with van der Waals surface area (Å²) in [6, 6.07) is 4.39. The van der Waals surface area contributed by atoms with E-state index in [0.29, 0.717) is 0 Å². The number of hydrogen-bond acceptors (Lipinski definition) is 5. The zero-order valence-corrected chi connectivity index (χ0v) is 22.6. The van der Waals surface area contributed by atoms with E-state index in [-0.39, 0.29) is 29.7 Å². The fraction of sp³-hybridized carbons (Fsp3) is 0.667. The third-order valence-corrected chi connectivity index (χ3v) is 6.93.